The normalized spacial score (nSPS) is 17.9. The van der Waals surface area contributed by atoms with Crippen molar-refractivity contribution in [2.75, 3.05) is 45.9 Å². The number of nitrogens with zero attached hydrogens (tertiary/aromatic N) is 3. The smallest absolute Gasteiger partial charge is 0.253 e. The number of carbonyl (C=O) groups excluding carboxylic acids is 2. The monoisotopic (exact) mass is 545 g/mol. The third kappa shape index (κ3) is 6.36. The highest BCUT2D eigenvalue weighted by atomic mass is 32.1. The second-order valence-electron chi connectivity index (χ2n) is 10.5. The summed E-state index contributed by atoms with van der Waals surface area (Å²) < 4.78 is 5.73. The van der Waals surface area contributed by atoms with Crippen LogP contribution in [-0.2, 0) is 11.2 Å². The molecule has 3 aromatic rings. The molecule has 1 saturated heterocycles. The Labute approximate surface area is 236 Å². The topological polar surface area (TPSA) is 53.1 Å². The van der Waals surface area contributed by atoms with Crippen molar-refractivity contribution in [3.63, 3.8) is 0 Å². The van der Waals surface area contributed by atoms with Gasteiger partial charge in [-0.25, -0.2) is 0 Å². The first-order valence-corrected chi connectivity index (χ1v) is 15.1. The fourth-order valence-corrected chi connectivity index (χ4v) is 6.55. The van der Waals surface area contributed by atoms with Crippen molar-refractivity contribution < 1.29 is 14.3 Å². The molecule has 7 heteroatoms. The van der Waals surface area contributed by atoms with E-state index >= 15 is 0 Å². The summed E-state index contributed by atoms with van der Waals surface area (Å²) in [5.41, 5.74) is 4.53. The van der Waals surface area contributed by atoms with Crippen LogP contribution >= 0.6 is 11.3 Å². The fraction of sp³-hybridized carbons (Fsp3) is 0.438. The van der Waals surface area contributed by atoms with Gasteiger partial charge in [-0.3, -0.25) is 14.5 Å². The zero-order valence-electron chi connectivity index (χ0n) is 23.1. The number of carbonyl (C=O) groups is 2. The highest BCUT2D eigenvalue weighted by molar-refractivity contribution is 7.10. The van der Waals surface area contributed by atoms with E-state index < -0.39 is 0 Å². The molecule has 0 saturated carbocycles. The summed E-state index contributed by atoms with van der Waals surface area (Å²) >= 11 is 1.82. The van der Waals surface area contributed by atoms with Gasteiger partial charge in [0.15, 0.2) is 0 Å². The number of thiophene rings is 1. The molecular weight excluding hydrogens is 506 g/mol. The van der Waals surface area contributed by atoms with Crippen LogP contribution in [0, 0.1) is 6.92 Å². The van der Waals surface area contributed by atoms with Crippen molar-refractivity contribution in [2.45, 2.75) is 45.6 Å². The molecule has 39 heavy (non-hydrogen) atoms. The molecule has 1 atom stereocenters. The van der Waals surface area contributed by atoms with E-state index in [1.807, 2.05) is 45.4 Å². The van der Waals surface area contributed by atoms with E-state index in [2.05, 4.69) is 54.5 Å². The summed E-state index contributed by atoms with van der Waals surface area (Å²) in [7, 11) is 0. The second-order valence-corrected chi connectivity index (χ2v) is 11.5. The first-order chi connectivity index (χ1) is 19.0. The minimum Gasteiger partial charge on any atom is -0.494 e. The molecule has 2 aliphatic heterocycles. The van der Waals surface area contributed by atoms with Gasteiger partial charge in [0.2, 0.25) is 5.91 Å². The van der Waals surface area contributed by atoms with Gasteiger partial charge >= 0.3 is 0 Å². The highest BCUT2D eigenvalue weighted by Crippen LogP contribution is 2.38. The van der Waals surface area contributed by atoms with Gasteiger partial charge in [-0.15, -0.1) is 11.3 Å². The van der Waals surface area contributed by atoms with Gasteiger partial charge in [-0.2, -0.15) is 0 Å². The maximum atomic E-state index is 13.6. The van der Waals surface area contributed by atoms with Crippen molar-refractivity contribution in [2.24, 2.45) is 0 Å². The van der Waals surface area contributed by atoms with Crippen LogP contribution in [0.4, 0.5) is 0 Å². The average molecular weight is 546 g/mol. The zero-order chi connectivity index (χ0) is 27.2. The number of unbranched alkanes of at least 4 members (excludes halogenated alkanes) is 1. The minimum atomic E-state index is 0.0186. The van der Waals surface area contributed by atoms with Crippen LogP contribution < -0.4 is 4.74 Å². The standard InChI is InChI=1S/C32H39N3O3S/c1-3-4-21-38-26-12-10-25(11-13-26)32(37)34-17-7-16-33(19-20-34)30(36)23-35-18-14-29-28(15-22-39-29)31(35)27-9-6-5-8-24(27)2/h5-6,8-13,15,22,31H,3-4,7,14,16-21,23H2,1-2H3/t31-/m0/s1. The summed E-state index contributed by atoms with van der Waals surface area (Å²) in [5, 5.41) is 2.18. The van der Waals surface area contributed by atoms with Crippen molar-refractivity contribution in [3.8, 4) is 5.75 Å². The number of amides is 2. The minimum absolute atomic E-state index is 0.0186. The van der Waals surface area contributed by atoms with Gasteiger partial charge in [0, 0.05) is 43.2 Å². The van der Waals surface area contributed by atoms with Gasteiger partial charge in [0.1, 0.15) is 5.75 Å². The van der Waals surface area contributed by atoms with E-state index in [1.54, 1.807) is 0 Å². The summed E-state index contributed by atoms with van der Waals surface area (Å²) in [5.74, 6) is 0.962. The first-order valence-electron chi connectivity index (χ1n) is 14.2. The maximum absolute atomic E-state index is 13.6. The van der Waals surface area contributed by atoms with Crippen molar-refractivity contribution in [1.29, 1.82) is 0 Å². The van der Waals surface area contributed by atoms with E-state index in [0.717, 1.165) is 38.0 Å². The number of aryl methyl sites for hydroxylation is 1. The Bertz CT molecular complexity index is 1270. The lowest BCUT2D eigenvalue weighted by Crippen LogP contribution is -2.45. The van der Waals surface area contributed by atoms with Crippen molar-refractivity contribution >= 4 is 23.2 Å². The van der Waals surface area contributed by atoms with Gasteiger partial charge < -0.3 is 14.5 Å². The number of ether oxygens (including phenoxy) is 1. The third-order valence-corrected chi connectivity index (χ3v) is 8.89. The Morgan fingerprint density at radius 2 is 1.69 bits per heavy atom. The molecule has 0 bridgehead atoms. The molecule has 1 aromatic heterocycles. The van der Waals surface area contributed by atoms with Crippen molar-refractivity contribution in [1.82, 2.24) is 14.7 Å². The highest BCUT2D eigenvalue weighted by Gasteiger charge is 2.33. The number of rotatable bonds is 8. The molecule has 3 heterocycles. The molecule has 2 amide bonds. The lowest BCUT2D eigenvalue weighted by atomic mass is 9.90. The predicted molar refractivity (Wildman–Crippen MR) is 157 cm³/mol. The van der Waals surface area contributed by atoms with E-state index in [-0.39, 0.29) is 17.9 Å². The molecule has 2 aliphatic rings. The van der Waals surface area contributed by atoms with Gasteiger partial charge in [0.05, 0.1) is 19.2 Å². The summed E-state index contributed by atoms with van der Waals surface area (Å²) in [6, 6.07) is 18.3. The quantitative estimate of drug-likeness (QED) is 0.348. The SMILES string of the molecule is CCCCOc1ccc(C(=O)N2CCCN(C(=O)CN3CCc4sccc4[C@@H]3c3ccccc3C)CC2)cc1. The molecule has 0 spiro atoms. The Balaban J connectivity index is 1.21. The molecule has 1 fully saturated rings. The Morgan fingerprint density at radius 3 is 2.49 bits per heavy atom. The number of hydrogen-bond acceptors (Lipinski definition) is 5. The van der Waals surface area contributed by atoms with Crippen molar-refractivity contribution in [3.05, 3.63) is 87.1 Å². The van der Waals surface area contributed by atoms with Crippen LogP contribution in [0.3, 0.4) is 0 Å². The Hall–Kier alpha value is -3.16. The number of benzene rings is 2. The van der Waals surface area contributed by atoms with Crippen LogP contribution in [0.15, 0.2) is 60.0 Å². The van der Waals surface area contributed by atoms with Crippen LogP contribution in [0.2, 0.25) is 0 Å². The van der Waals surface area contributed by atoms with Crippen LogP contribution in [-0.4, -0.2) is 72.4 Å². The molecule has 0 unspecified atom stereocenters. The number of hydrogen-bond donors (Lipinski definition) is 0. The van der Waals surface area contributed by atoms with Gasteiger partial charge in [0.25, 0.3) is 5.91 Å². The molecule has 0 radical (unpaired) electrons. The molecule has 2 aromatic carbocycles. The molecule has 6 nitrogen and oxygen atoms in total. The van der Waals surface area contributed by atoms with E-state index in [9.17, 15) is 9.59 Å². The summed E-state index contributed by atoms with van der Waals surface area (Å²) in [6.45, 7) is 8.70. The predicted octanol–water partition coefficient (Wildman–Crippen LogP) is 5.56. The molecular formula is C32H39N3O3S. The Kier molecular flexibility index (Phi) is 8.99. The molecule has 5 rings (SSSR count). The summed E-state index contributed by atoms with van der Waals surface area (Å²) in [6.07, 6.45) is 3.87. The molecule has 0 N–H and O–H groups in total. The van der Waals surface area contributed by atoms with Crippen LogP contribution in [0.25, 0.3) is 0 Å². The zero-order valence-corrected chi connectivity index (χ0v) is 23.9. The van der Waals surface area contributed by atoms with E-state index in [1.165, 1.54) is 21.6 Å². The fourth-order valence-electron chi connectivity index (χ4n) is 5.65. The lowest BCUT2D eigenvalue weighted by molar-refractivity contribution is -0.132. The average Bonchev–Trinajstić information content (AvgIpc) is 3.29. The molecule has 0 aliphatic carbocycles. The van der Waals surface area contributed by atoms with Gasteiger partial charge in [-0.05, 0) is 78.6 Å². The Morgan fingerprint density at radius 1 is 0.923 bits per heavy atom. The lowest BCUT2D eigenvalue weighted by Gasteiger charge is -2.37. The summed E-state index contributed by atoms with van der Waals surface area (Å²) in [4.78, 5) is 34.4. The maximum Gasteiger partial charge on any atom is 0.253 e. The first kappa shape index (κ1) is 27.4. The van der Waals surface area contributed by atoms with Crippen LogP contribution in [0.1, 0.15) is 64.2 Å². The van der Waals surface area contributed by atoms with E-state index in [0.29, 0.717) is 44.9 Å². The largest absolute Gasteiger partial charge is 0.494 e. The van der Waals surface area contributed by atoms with Gasteiger partial charge in [-0.1, -0.05) is 37.6 Å². The third-order valence-electron chi connectivity index (χ3n) is 7.89. The molecule has 206 valence electrons. The second kappa shape index (κ2) is 12.8. The number of fused-ring (bicyclic) bond motifs is 1. The van der Waals surface area contributed by atoms with Crippen LogP contribution in [0.5, 0.6) is 5.75 Å². The van der Waals surface area contributed by atoms with E-state index in [4.69, 9.17) is 4.74 Å².